The maximum atomic E-state index is 10.9. The normalized spacial score (nSPS) is 14.6. The molecule has 2 N–H and O–H groups in total. The minimum absolute atomic E-state index is 0.147. The molecule has 0 aromatic carbocycles. The van der Waals surface area contributed by atoms with Crippen molar-refractivity contribution in [2.24, 2.45) is 0 Å². The molecule has 0 radical (unpaired) electrons. The fourth-order valence-corrected chi connectivity index (χ4v) is 1.28. The van der Waals surface area contributed by atoms with Crippen molar-refractivity contribution in [2.45, 2.75) is 26.3 Å². The molecule has 0 amide bonds. The average Bonchev–Trinajstić information content (AvgIpc) is 2.04. The Morgan fingerprint density at radius 2 is 2.00 bits per heavy atom. The van der Waals surface area contributed by atoms with Crippen LogP contribution in [-0.2, 0) is 10.0 Å². The summed E-state index contributed by atoms with van der Waals surface area (Å²) in [5.41, 5.74) is 0. The predicted octanol–water partition coefficient (Wildman–Crippen LogP) is -0.0763. The first-order valence-electron chi connectivity index (χ1n) is 4.16. The lowest BCUT2D eigenvalue weighted by atomic mass is 10.3. The highest BCUT2D eigenvalue weighted by atomic mass is 32.2. The summed E-state index contributed by atoms with van der Waals surface area (Å²) in [5.74, 6) is 0.147. The van der Waals surface area contributed by atoms with Crippen molar-refractivity contribution >= 4 is 10.0 Å². The van der Waals surface area contributed by atoms with E-state index < -0.39 is 10.0 Å². The van der Waals surface area contributed by atoms with E-state index in [2.05, 4.69) is 17.0 Å². The van der Waals surface area contributed by atoms with Crippen molar-refractivity contribution in [2.75, 3.05) is 19.3 Å². The van der Waals surface area contributed by atoms with Crippen molar-refractivity contribution in [3.63, 3.8) is 0 Å². The summed E-state index contributed by atoms with van der Waals surface area (Å²) < 4.78 is 24.1. The van der Waals surface area contributed by atoms with Crippen LogP contribution in [0, 0.1) is 0 Å². The maximum absolute atomic E-state index is 10.9. The third kappa shape index (κ3) is 5.51. The van der Waals surface area contributed by atoms with Crippen molar-refractivity contribution < 1.29 is 8.42 Å². The van der Waals surface area contributed by atoms with Gasteiger partial charge in [0, 0.05) is 12.6 Å². The van der Waals surface area contributed by atoms with Gasteiger partial charge in [-0.2, -0.15) is 0 Å². The van der Waals surface area contributed by atoms with Gasteiger partial charge in [-0.1, -0.05) is 6.92 Å². The van der Waals surface area contributed by atoms with Gasteiger partial charge in [-0.05, 0) is 20.4 Å². The van der Waals surface area contributed by atoms with E-state index in [9.17, 15) is 8.42 Å². The third-order valence-electron chi connectivity index (χ3n) is 1.79. The molecule has 0 aliphatic heterocycles. The standard InChI is InChI=1S/C7H18N2O2S/c1-4-7(2)9-5-6-12(10,11)8-3/h7-9H,4-6H2,1-3H3. The summed E-state index contributed by atoms with van der Waals surface area (Å²) in [6, 6.07) is 0.386. The molecule has 1 unspecified atom stereocenters. The van der Waals surface area contributed by atoms with E-state index in [0.29, 0.717) is 12.6 Å². The Labute approximate surface area is 74.8 Å². The fraction of sp³-hybridized carbons (Fsp3) is 1.00. The fourth-order valence-electron chi connectivity index (χ4n) is 0.686. The largest absolute Gasteiger partial charge is 0.313 e. The van der Waals surface area contributed by atoms with E-state index >= 15 is 0 Å². The lowest BCUT2D eigenvalue weighted by Crippen LogP contribution is -2.33. The molecule has 12 heavy (non-hydrogen) atoms. The number of rotatable bonds is 6. The van der Waals surface area contributed by atoms with Gasteiger partial charge in [0.25, 0.3) is 0 Å². The van der Waals surface area contributed by atoms with Crippen molar-refractivity contribution in [1.82, 2.24) is 10.0 Å². The van der Waals surface area contributed by atoms with Gasteiger partial charge < -0.3 is 5.32 Å². The summed E-state index contributed by atoms with van der Waals surface area (Å²) >= 11 is 0. The van der Waals surface area contributed by atoms with Crippen molar-refractivity contribution in [3.05, 3.63) is 0 Å². The van der Waals surface area contributed by atoms with Gasteiger partial charge in [-0.3, -0.25) is 0 Å². The number of sulfonamides is 1. The van der Waals surface area contributed by atoms with Crippen LogP contribution in [0.4, 0.5) is 0 Å². The molecule has 0 saturated heterocycles. The molecule has 1 atom stereocenters. The summed E-state index contributed by atoms with van der Waals surface area (Å²) in [4.78, 5) is 0. The molecular formula is C7H18N2O2S. The van der Waals surface area contributed by atoms with Gasteiger partial charge >= 0.3 is 0 Å². The van der Waals surface area contributed by atoms with Gasteiger partial charge in [0.05, 0.1) is 5.75 Å². The van der Waals surface area contributed by atoms with E-state index in [-0.39, 0.29) is 5.75 Å². The summed E-state index contributed by atoms with van der Waals surface area (Å²) in [5, 5.41) is 3.10. The second-order valence-electron chi connectivity index (χ2n) is 2.79. The van der Waals surface area contributed by atoms with Crippen LogP contribution in [0.1, 0.15) is 20.3 Å². The number of nitrogens with one attached hydrogen (secondary N) is 2. The molecule has 0 fully saturated rings. The Bertz CT molecular complexity index is 201. The Morgan fingerprint density at radius 3 is 2.42 bits per heavy atom. The minimum atomic E-state index is -3.04. The van der Waals surface area contributed by atoms with E-state index in [1.54, 1.807) is 0 Å². The average molecular weight is 194 g/mol. The monoisotopic (exact) mass is 194 g/mol. The molecule has 0 aliphatic carbocycles. The number of hydrogen-bond donors (Lipinski definition) is 2. The maximum Gasteiger partial charge on any atom is 0.212 e. The van der Waals surface area contributed by atoms with E-state index in [0.717, 1.165) is 6.42 Å². The zero-order valence-electron chi connectivity index (χ0n) is 7.92. The quantitative estimate of drug-likeness (QED) is 0.622. The van der Waals surface area contributed by atoms with Crippen LogP contribution in [-0.4, -0.2) is 33.8 Å². The Morgan fingerprint density at radius 1 is 1.42 bits per heavy atom. The molecular weight excluding hydrogens is 176 g/mol. The van der Waals surface area contributed by atoms with E-state index in [4.69, 9.17) is 0 Å². The summed E-state index contributed by atoms with van der Waals surface area (Å²) in [7, 11) is -1.61. The van der Waals surface area contributed by atoms with Gasteiger partial charge in [0.15, 0.2) is 0 Å². The van der Waals surface area contributed by atoms with Crippen LogP contribution in [0.2, 0.25) is 0 Å². The highest BCUT2D eigenvalue weighted by Gasteiger charge is 2.06. The molecule has 0 bridgehead atoms. The molecule has 0 spiro atoms. The molecule has 0 aromatic heterocycles. The van der Waals surface area contributed by atoms with Crippen molar-refractivity contribution in [1.29, 1.82) is 0 Å². The van der Waals surface area contributed by atoms with Crippen LogP contribution in [0.3, 0.4) is 0 Å². The lowest BCUT2D eigenvalue weighted by molar-refractivity contribution is 0.542. The first-order chi connectivity index (χ1) is 5.52. The smallest absolute Gasteiger partial charge is 0.212 e. The Balaban J connectivity index is 3.57. The van der Waals surface area contributed by atoms with Gasteiger partial charge in [0.1, 0.15) is 0 Å². The zero-order valence-corrected chi connectivity index (χ0v) is 8.74. The minimum Gasteiger partial charge on any atom is -0.313 e. The summed E-state index contributed by atoms with van der Waals surface area (Å²) in [6.07, 6.45) is 1.01. The summed E-state index contributed by atoms with van der Waals surface area (Å²) in [6.45, 7) is 4.61. The SMILES string of the molecule is CCC(C)NCCS(=O)(=O)NC. The molecule has 0 heterocycles. The van der Waals surface area contributed by atoms with Gasteiger partial charge in [-0.15, -0.1) is 0 Å². The number of hydrogen-bond acceptors (Lipinski definition) is 3. The topological polar surface area (TPSA) is 58.2 Å². The highest BCUT2D eigenvalue weighted by Crippen LogP contribution is 1.87. The molecule has 4 nitrogen and oxygen atoms in total. The van der Waals surface area contributed by atoms with Crippen molar-refractivity contribution in [3.8, 4) is 0 Å². The third-order valence-corrected chi connectivity index (χ3v) is 3.15. The van der Waals surface area contributed by atoms with Crippen LogP contribution in [0.5, 0.6) is 0 Å². The van der Waals surface area contributed by atoms with Crippen LogP contribution in [0.25, 0.3) is 0 Å². The van der Waals surface area contributed by atoms with Crippen LogP contribution >= 0.6 is 0 Å². The van der Waals surface area contributed by atoms with Crippen LogP contribution in [0.15, 0.2) is 0 Å². The molecule has 0 aliphatic rings. The molecule has 0 saturated carbocycles. The molecule has 74 valence electrons. The second-order valence-corrected chi connectivity index (χ2v) is 4.83. The van der Waals surface area contributed by atoms with Gasteiger partial charge in [-0.25, -0.2) is 13.1 Å². The highest BCUT2D eigenvalue weighted by molar-refractivity contribution is 7.89. The molecule has 5 heteroatoms. The molecule has 0 aromatic rings. The van der Waals surface area contributed by atoms with Crippen LogP contribution < -0.4 is 10.0 Å². The van der Waals surface area contributed by atoms with E-state index in [1.807, 2.05) is 6.92 Å². The second kappa shape index (κ2) is 5.50. The molecule has 0 rings (SSSR count). The predicted molar refractivity (Wildman–Crippen MR) is 50.6 cm³/mol. The first-order valence-corrected chi connectivity index (χ1v) is 5.81. The zero-order chi connectivity index (χ0) is 9.61. The van der Waals surface area contributed by atoms with Gasteiger partial charge in [0.2, 0.25) is 10.0 Å². The lowest BCUT2D eigenvalue weighted by Gasteiger charge is -2.10. The first kappa shape index (κ1) is 11.9. The van der Waals surface area contributed by atoms with E-state index in [1.165, 1.54) is 7.05 Å². The Hall–Kier alpha value is -0.130. The Kier molecular flexibility index (Phi) is 5.44.